The molecular weight excluding hydrogens is 256 g/mol. The Morgan fingerprint density at radius 1 is 1.30 bits per heavy atom. The number of ether oxygens (including phenoxy) is 1. The van der Waals surface area contributed by atoms with Crippen molar-refractivity contribution in [3.05, 3.63) is 18.5 Å². The molecule has 1 N–H and O–H groups in total. The van der Waals surface area contributed by atoms with Gasteiger partial charge in [-0.2, -0.15) is 0 Å². The summed E-state index contributed by atoms with van der Waals surface area (Å²) in [5, 5.41) is 2.97. The number of rotatable bonds is 2. The minimum atomic E-state index is -0.206. The van der Waals surface area contributed by atoms with Gasteiger partial charge in [0.25, 0.3) is 0 Å². The maximum absolute atomic E-state index is 12.0. The summed E-state index contributed by atoms with van der Waals surface area (Å²) in [6, 6.07) is 2.16. The van der Waals surface area contributed by atoms with Crippen molar-refractivity contribution in [1.29, 1.82) is 0 Å². The van der Waals surface area contributed by atoms with Gasteiger partial charge in [0.2, 0.25) is 0 Å². The Morgan fingerprint density at radius 2 is 1.90 bits per heavy atom. The number of hydrogen-bond acceptors (Lipinski definition) is 4. The normalized spacial score (nSPS) is 16.9. The van der Waals surface area contributed by atoms with Crippen molar-refractivity contribution < 1.29 is 9.53 Å². The Hall–Kier alpha value is -1.85. The maximum Gasteiger partial charge on any atom is 0.317 e. The molecule has 0 aromatic carbocycles. The fourth-order valence-corrected chi connectivity index (χ4v) is 2.07. The molecule has 6 heteroatoms. The first-order chi connectivity index (χ1) is 9.44. The number of urea groups is 1. The van der Waals surface area contributed by atoms with Crippen molar-refractivity contribution in [2.24, 2.45) is 0 Å². The highest BCUT2D eigenvalue weighted by Crippen LogP contribution is 2.16. The van der Waals surface area contributed by atoms with Crippen LogP contribution in [0.5, 0.6) is 6.01 Å². The van der Waals surface area contributed by atoms with Crippen molar-refractivity contribution in [2.75, 3.05) is 13.1 Å². The molecular formula is C14H22N4O2. The minimum absolute atomic E-state index is 0.00749. The molecule has 1 saturated heterocycles. The first-order valence-electron chi connectivity index (χ1n) is 6.95. The van der Waals surface area contributed by atoms with Gasteiger partial charge in [0.15, 0.2) is 0 Å². The lowest BCUT2D eigenvalue weighted by Gasteiger charge is -2.33. The quantitative estimate of drug-likeness (QED) is 0.896. The first kappa shape index (κ1) is 14.6. The van der Waals surface area contributed by atoms with Gasteiger partial charge in [0.1, 0.15) is 6.10 Å². The Balaban J connectivity index is 1.79. The van der Waals surface area contributed by atoms with E-state index in [-0.39, 0.29) is 17.7 Å². The number of nitrogens with one attached hydrogen (secondary N) is 1. The van der Waals surface area contributed by atoms with Gasteiger partial charge in [-0.1, -0.05) is 0 Å². The smallest absolute Gasteiger partial charge is 0.317 e. The molecule has 1 aromatic rings. The summed E-state index contributed by atoms with van der Waals surface area (Å²) in [5.74, 6) is 0. The molecule has 0 bridgehead atoms. The van der Waals surface area contributed by atoms with Gasteiger partial charge in [-0.05, 0) is 26.8 Å². The summed E-state index contributed by atoms with van der Waals surface area (Å²) in [7, 11) is 0. The summed E-state index contributed by atoms with van der Waals surface area (Å²) < 4.78 is 5.70. The summed E-state index contributed by atoms with van der Waals surface area (Å²) in [6.45, 7) is 7.33. The highest BCUT2D eigenvalue weighted by atomic mass is 16.5. The van der Waals surface area contributed by atoms with E-state index in [2.05, 4.69) is 15.3 Å². The van der Waals surface area contributed by atoms with Crippen LogP contribution < -0.4 is 10.1 Å². The van der Waals surface area contributed by atoms with Crippen molar-refractivity contribution in [2.45, 2.75) is 45.3 Å². The fraction of sp³-hybridized carbons (Fsp3) is 0.643. The SMILES string of the molecule is CC(C)(C)NC(=O)N1CCC(Oc2ncccn2)CC1. The molecule has 1 aliphatic heterocycles. The van der Waals surface area contributed by atoms with Crippen LogP contribution in [0.15, 0.2) is 18.5 Å². The molecule has 1 aromatic heterocycles. The Morgan fingerprint density at radius 3 is 2.45 bits per heavy atom. The molecule has 1 aliphatic rings. The molecule has 0 atom stereocenters. The van der Waals surface area contributed by atoms with Crippen LogP contribution in [0.3, 0.4) is 0 Å². The zero-order valence-electron chi connectivity index (χ0n) is 12.3. The highest BCUT2D eigenvalue weighted by molar-refractivity contribution is 5.75. The second-order valence-electron chi connectivity index (χ2n) is 6.02. The predicted octanol–water partition coefficient (Wildman–Crippen LogP) is 1.83. The zero-order valence-corrected chi connectivity index (χ0v) is 12.3. The van der Waals surface area contributed by atoms with E-state index in [1.54, 1.807) is 18.5 Å². The van der Waals surface area contributed by atoms with Gasteiger partial charge in [0, 0.05) is 43.9 Å². The lowest BCUT2D eigenvalue weighted by atomic mass is 10.1. The number of carbonyl (C=O) groups excluding carboxylic acids is 1. The van der Waals surface area contributed by atoms with E-state index >= 15 is 0 Å². The average Bonchev–Trinajstić information content (AvgIpc) is 2.39. The molecule has 110 valence electrons. The van der Waals surface area contributed by atoms with Crippen LogP contribution in [-0.4, -0.2) is 45.6 Å². The predicted molar refractivity (Wildman–Crippen MR) is 75.5 cm³/mol. The van der Waals surface area contributed by atoms with Gasteiger partial charge in [-0.15, -0.1) is 0 Å². The Kier molecular flexibility index (Phi) is 4.42. The van der Waals surface area contributed by atoms with E-state index < -0.39 is 0 Å². The first-order valence-corrected chi connectivity index (χ1v) is 6.95. The number of nitrogens with zero attached hydrogens (tertiary/aromatic N) is 3. The topological polar surface area (TPSA) is 67.4 Å². The number of carbonyl (C=O) groups is 1. The monoisotopic (exact) mass is 278 g/mol. The number of hydrogen-bond donors (Lipinski definition) is 1. The summed E-state index contributed by atoms with van der Waals surface area (Å²) in [4.78, 5) is 22.0. The summed E-state index contributed by atoms with van der Waals surface area (Å²) in [6.07, 6.45) is 5.00. The van der Waals surface area contributed by atoms with Gasteiger partial charge >= 0.3 is 12.0 Å². The molecule has 2 rings (SSSR count). The van der Waals surface area contributed by atoms with Crippen LogP contribution in [0.1, 0.15) is 33.6 Å². The van der Waals surface area contributed by atoms with Gasteiger partial charge in [0.05, 0.1) is 0 Å². The third kappa shape index (κ3) is 4.36. The standard InChI is InChI=1S/C14H22N4O2/c1-14(2,3)17-13(19)18-9-5-11(6-10-18)20-12-15-7-4-8-16-12/h4,7-8,11H,5-6,9-10H2,1-3H3,(H,17,19). The molecule has 2 amide bonds. The molecule has 2 heterocycles. The number of likely N-dealkylation sites (tertiary alicyclic amines) is 1. The van der Waals surface area contributed by atoms with Gasteiger partial charge < -0.3 is 15.0 Å². The van der Waals surface area contributed by atoms with E-state index in [9.17, 15) is 4.79 Å². The Labute approximate surface area is 119 Å². The van der Waals surface area contributed by atoms with Crippen LogP contribution in [0, 0.1) is 0 Å². The van der Waals surface area contributed by atoms with Crippen LogP contribution in [0.25, 0.3) is 0 Å². The molecule has 0 unspecified atom stereocenters. The van der Waals surface area contributed by atoms with Crippen molar-refractivity contribution in [3.63, 3.8) is 0 Å². The van der Waals surface area contributed by atoms with E-state index in [1.807, 2.05) is 25.7 Å². The lowest BCUT2D eigenvalue weighted by molar-refractivity contribution is 0.101. The van der Waals surface area contributed by atoms with E-state index in [1.165, 1.54) is 0 Å². The third-order valence-corrected chi connectivity index (χ3v) is 3.03. The largest absolute Gasteiger partial charge is 0.460 e. The number of aromatic nitrogens is 2. The Bertz CT molecular complexity index is 436. The maximum atomic E-state index is 12.0. The van der Waals surface area contributed by atoms with Crippen molar-refractivity contribution >= 4 is 6.03 Å². The molecule has 6 nitrogen and oxygen atoms in total. The third-order valence-electron chi connectivity index (χ3n) is 3.03. The van der Waals surface area contributed by atoms with Crippen molar-refractivity contribution in [1.82, 2.24) is 20.2 Å². The van der Waals surface area contributed by atoms with Gasteiger partial charge in [-0.3, -0.25) is 0 Å². The average molecular weight is 278 g/mol. The molecule has 20 heavy (non-hydrogen) atoms. The second-order valence-corrected chi connectivity index (χ2v) is 6.02. The lowest BCUT2D eigenvalue weighted by Crippen LogP contribution is -2.51. The van der Waals surface area contributed by atoms with E-state index in [4.69, 9.17) is 4.74 Å². The zero-order chi connectivity index (χ0) is 14.6. The summed E-state index contributed by atoms with van der Waals surface area (Å²) in [5.41, 5.74) is -0.206. The summed E-state index contributed by atoms with van der Waals surface area (Å²) >= 11 is 0. The minimum Gasteiger partial charge on any atom is -0.460 e. The number of amides is 2. The molecule has 0 aliphatic carbocycles. The van der Waals surface area contributed by atoms with Crippen LogP contribution >= 0.6 is 0 Å². The molecule has 0 radical (unpaired) electrons. The fourth-order valence-electron chi connectivity index (χ4n) is 2.07. The van der Waals surface area contributed by atoms with Crippen molar-refractivity contribution in [3.8, 4) is 6.01 Å². The molecule has 1 fully saturated rings. The van der Waals surface area contributed by atoms with Gasteiger partial charge in [-0.25, -0.2) is 14.8 Å². The molecule has 0 spiro atoms. The van der Waals surface area contributed by atoms with Crippen LogP contribution in [0.2, 0.25) is 0 Å². The van der Waals surface area contributed by atoms with E-state index in [0.29, 0.717) is 19.1 Å². The van der Waals surface area contributed by atoms with Crippen LogP contribution in [-0.2, 0) is 0 Å². The highest BCUT2D eigenvalue weighted by Gasteiger charge is 2.26. The second kappa shape index (κ2) is 6.07. The van der Waals surface area contributed by atoms with E-state index in [0.717, 1.165) is 12.8 Å². The molecule has 0 saturated carbocycles. The van der Waals surface area contributed by atoms with Crippen LogP contribution in [0.4, 0.5) is 4.79 Å². The number of piperidine rings is 1.